The van der Waals surface area contributed by atoms with Crippen LogP contribution >= 0.6 is 11.8 Å². The van der Waals surface area contributed by atoms with E-state index in [0.717, 1.165) is 24.4 Å². The molecule has 2 atom stereocenters. The molecule has 0 aliphatic carbocycles. The summed E-state index contributed by atoms with van der Waals surface area (Å²) < 4.78 is 10.9. The van der Waals surface area contributed by atoms with Crippen molar-refractivity contribution in [1.29, 1.82) is 0 Å². The second kappa shape index (κ2) is 5.84. The first-order chi connectivity index (χ1) is 8.19. The van der Waals surface area contributed by atoms with Gasteiger partial charge in [-0.25, -0.2) is 0 Å². The summed E-state index contributed by atoms with van der Waals surface area (Å²) >= 11 is 1.80. The van der Waals surface area contributed by atoms with Gasteiger partial charge in [-0.15, -0.1) is 0 Å². The van der Waals surface area contributed by atoms with E-state index in [-0.39, 0.29) is 12.2 Å². The van der Waals surface area contributed by atoms with Crippen LogP contribution in [-0.4, -0.2) is 28.0 Å². The van der Waals surface area contributed by atoms with Gasteiger partial charge in [-0.3, -0.25) is 0 Å². The molecular weight excluding hydrogens is 238 g/mol. The first kappa shape index (κ1) is 12.9. The number of rotatable bonds is 5. The average molecular weight is 257 g/mol. The Bertz CT molecular complexity index is 356. The van der Waals surface area contributed by atoms with Crippen molar-refractivity contribution in [3.63, 3.8) is 0 Å². The van der Waals surface area contributed by atoms with Crippen molar-refractivity contribution in [3.05, 3.63) is 11.7 Å². The fraction of sp³-hybridized carbons (Fsp3) is 0.818. The lowest BCUT2D eigenvalue weighted by molar-refractivity contribution is 0.0307. The molecule has 6 heteroatoms. The van der Waals surface area contributed by atoms with Crippen LogP contribution in [0, 0.1) is 0 Å². The molecule has 1 saturated heterocycles. The third-order valence-electron chi connectivity index (χ3n) is 2.68. The molecule has 0 aromatic carbocycles. The fourth-order valence-corrected chi connectivity index (χ4v) is 2.36. The van der Waals surface area contributed by atoms with Gasteiger partial charge in [-0.05, 0) is 18.1 Å². The summed E-state index contributed by atoms with van der Waals surface area (Å²) in [5.74, 6) is 2.13. The van der Waals surface area contributed by atoms with Crippen LogP contribution in [0.5, 0.6) is 0 Å². The zero-order valence-electron chi connectivity index (χ0n) is 10.3. The Labute approximate surface area is 105 Å². The van der Waals surface area contributed by atoms with Crippen molar-refractivity contribution in [2.45, 2.75) is 49.9 Å². The van der Waals surface area contributed by atoms with Crippen LogP contribution in [0.3, 0.4) is 0 Å². The monoisotopic (exact) mass is 257 g/mol. The molecule has 96 valence electrons. The molecule has 1 aliphatic heterocycles. The van der Waals surface area contributed by atoms with Crippen LogP contribution in [0.25, 0.3) is 0 Å². The van der Waals surface area contributed by atoms with E-state index in [1.807, 2.05) is 0 Å². The van der Waals surface area contributed by atoms with Gasteiger partial charge < -0.3 is 15.0 Å². The van der Waals surface area contributed by atoms with Gasteiger partial charge in [-0.2, -0.15) is 16.7 Å². The highest BCUT2D eigenvalue weighted by Crippen LogP contribution is 2.31. The van der Waals surface area contributed by atoms with Crippen LogP contribution in [0.2, 0.25) is 0 Å². The van der Waals surface area contributed by atoms with Crippen molar-refractivity contribution in [3.8, 4) is 0 Å². The second-order valence-corrected chi connectivity index (χ2v) is 6.03. The van der Waals surface area contributed by atoms with Gasteiger partial charge in [0.25, 0.3) is 5.89 Å². The first-order valence-corrected chi connectivity index (χ1v) is 7.03. The molecule has 1 aromatic rings. The van der Waals surface area contributed by atoms with Gasteiger partial charge in [0.15, 0.2) is 5.82 Å². The normalized spacial score (nSPS) is 24.7. The summed E-state index contributed by atoms with van der Waals surface area (Å²) in [5, 5.41) is 4.54. The van der Waals surface area contributed by atoms with Gasteiger partial charge in [0.2, 0.25) is 0 Å². The summed E-state index contributed by atoms with van der Waals surface area (Å²) in [7, 11) is 0. The summed E-state index contributed by atoms with van der Waals surface area (Å²) in [4.78, 5) is 4.37. The molecule has 0 radical (unpaired) electrons. The number of ether oxygens (including phenoxy) is 1. The molecule has 0 amide bonds. The van der Waals surface area contributed by atoms with Crippen LogP contribution in [-0.2, 0) is 10.5 Å². The molecule has 0 saturated carbocycles. The van der Waals surface area contributed by atoms with E-state index in [2.05, 4.69) is 24.0 Å². The molecule has 1 fully saturated rings. The standard InChI is InChI=1S/C11H19N3O2S/c1-7(2)17-6-10-13-11(16-14-10)9-4-3-8(5-12)15-9/h7-9H,3-6,12H2,1-2H3. The Morgan fingerprint density at radius 3 is 2.94 bits per heavy atom. The number of hydrogen-bond donors (Lipinski definition) is 1. The predicted octanol–water partition coefficient (Wildman–Crippen LogP) is 1.89. The Kier molecular flexibility index (Phi) is 4.42. The Hall–Kier alpha value is -0.590. The highest BCUT2D eigenvalue weighted by Gasteiger charge is 2.29. The molecule has 2 rings (SSSR count). The van der Waals surface area contributed by atoms with E-state index in [1.54, 1.807) is 11.8 Å². The van der Waals surface area contributed by atoms with E-state index < -0.39 is 0 Å². The van der Waals surface area contributed by atoms with Gasteiger partial charge in [-0.1, -0.05) is 19.0 Å². The predicted molar refractivity (Wildman–Crippen MR) is 66.6 cm³/mol. The lowest BCUT2D eigenvalue weighted by Crippen LogP contribution is -2.18. The van der Waals surface area contributed by atoms with Crippen LogP contribution in [0.4, 0.5) is 0 Å². The van der Waals surface area contributed by atoms with Crippen molar-refractivity contribution < 1.29 is 9.26 Å². The molecule has 2 N–H and O–H groups in total. The van der Waals surface area contributed by atoms with E-state index in [0.29, 0.717) is 17.7 Å². The van der Waals surface area contributed by atoms with E-state index >= 15 is 0 Å². The van der Waals surface area contributed by atoms with E-state index in [9.17, 15) is 0 Å². The number of hydrogen-bond acceptors (Lipinski definition) is 6. The van der Waals surface area contributed by atoms with Crippen LogP contribution < -0.4 is 5.73 Å². The Morgan fingerprint density at radius 1 is 1.47 bits per heavy atom. The minimum atomic E-state index is -0.0613. The maximum Gasteiger partial charge on any atom is 0.255 e. The average Bonchev–Trinajstić information content (AvgIpc) is 2.94. The van der Waals surface area contributed by atoms with Gasteiger partial charge in [0.05, 0.1) is 11.9 Å². The lowest BCUT2D eigenvalue weighted by Gasteiger charge is -2.07. The van der Waals surface area contributed by atoms with Crippen molar-refractivity contribution in [2.75, 3.05) is 6.54 Å². The van der Waals surface area contributed by atoms with Gasteiger partial charge >= 0.3 is 0 Å². The molecule has 0 spiro atoms. The number of aromatic nitrogens is 2. The maximum absolute atomic E-state index is 5.71. The molecular formula is C11H19N3O2S. The highest BCUT2D eigenvalue weighted by atomic mass is 32.2. The zero-order valence-corrected chi connectivity index (χ0v) is 11.1. The number of nitrogens with two attached hydrogens (primary N) is 1. The summed E-state index contributed by atoms with van der Waals surface area (Å²) in [5.41, 5.74) is 5.57. The van der Waals surface area contributed by atoms with Crippen molar-refractivity contribution >= 4 is 11.8 Å². The molecule has 17 heavy (non-hydrogen) atoms. The Morgan fingerprint density at radius 2 is 2.29 bits per heavy atom. The third kappa shape index (κ3) is 3.43. The third-order valence-corrected chi connectivity index (χ3v) is 3.77. The quantitative estimate of drug-likeness (QED) is 0.868. The number of nitrogens with zero attached hydrogens (tertiary/aromatic N) is 2. The topological polar surface area (TPSA) is 74.2 Å². The molecule has 0 bridgehead atoms. The van der Waals surface area contributed by atoms with Crippen molar-refractivity contribution in [2.24, 2.45) is 5.73 Å². The summed E-state index contributed by atoms with van der Waals surface area (Å²) in [6, 6.07) is 0. The summed E-state index contributed by atoms with van der Waals surface area (Å²) in [6.07, 6.45) is 1.97. The lowest BCUT2D eigenvalue weighted by atomic mass is 10.2. The van der Waals surface area contributed by atoms with E-state index in [4.69, 9.17) is 15.0 Å². The molecule has 1 aliphatic rings. The van der Waals surface area contributed by atoms with E-state index in [1.165, 1.54) is 0 Å². The summed E-state index contributed by atoms with van der Waals surface area (Å²) in [6.45, 7) is 4.86. The maximum atomic E-state index is 5.71. The largest absolute Gasteiger partial charge is 0.364 e. The molecule has 2 unspecified atom stereocenters. The molecule has 5 nitrogen and oxygen atoms in total. The van der Waals surface area contributed by atoms with Gasteiger partial charge in [0.1, 0.15) is 6.10 Å². The van der Waals surface area contributed by atoms with Gasteiger partial charge in [0, 0.05) is 6.54 Å². The highest BCUT2D eigenvalue weighted by molar-refractivity contribution is 7.99. The minimum absolute atomic E-state index is 0.0613. The molecule has 1 aromatic heterocycles. The zero-order chi connectivity index (χ0) is 12.3. The van der Waals surface area contributed by atoms with Crippen molar-refractivity contribution in [1.82, 2.24) is 10.1 Å². The SMILES string of the molecule is CC(C)SCc1noc(C2CCC(CN)O2)n1. The molecule has 2 heterocycles. The van der Waals surface area contributed by atoms with Crippen LogP contribution in [0.15, 0.2) is 4.52 Å². The van der Waals surface area contributed by atoms with Crippen LogP contribution in [0.1, 0.15) is 44.5 Å². The minimum Gasteiger partial charge on any atom is -0.364 e. The number of thioether (sulfide) groups is 1. The first-order valence-electron chi connectivity index (χ1n) is 5.98. The Balaban J connectivity index is 1.90. The smallest absolute Gasteiger partial charge is 0.255 e. The fourth-order valence-electron chi connectivity index (χ4n) is 1.76. The second-order valence-electron chi connectivity index (χ2n) is 4.47.